The molecule has 0 radical (unpaired) electrons. The van der Waals surface area contributed by atoms with Crippen molar-refractivity contribution in [2.45, 2.75) is 0 Å². The molecule has 3 heterocycles. The molecule has 0 atom stereocenters. The Morgan fingerprint density at radius 3 is 3.00 bits per heavy atom. The van der Waals surface area contributed by atoms with E-state index in [0.717, 1.165) is 5.39 Å². The fourth-order valence-corrected chi connectivity index (χ4v) is 1.40. The molecular formula is C9H6N6O. The van der Waals surface area contributed by atoms with Crippen molar-refractivity contribution in [2.75, 3.05) is 0 Å². The lowest BCUT2D eigenvalue weighted by atomic mass is 10.4. The molecule has 0 saturated carbocycles. The smallest absolute Gasteiger partial charge is 0.264 e. The summed E-state index contributed by atoms with van der Waals surface area (Å²) in [5, 5.41) is 11.2. The van der Waals surface area contributed by atoms with E-state index in [9.17, 15) is 4.79 Å². The number of hydrogen-bond acceptors (Lipinski definition) is 5. The van der Waals surface area contributed by atoms with E-state index >= 15 is 0 Å². The fourth-order valence-electron chi connectivity index (χ4n) is 1.40. The lowest BCUT2D eigenvalue weighted by molar-refractivity contribution is 0.818. The van der Waals surface area contributed by atoms with Gasteiger partial charge < -0.3 is 0 Å². The first-order valence-electron chi connectivity index (χ1n) is 4.54. The summed E-state index contributed by atoms with van der Waals surface area (Å²) in [5.74, 6) is 0.508. The zero-order valence-corrected chi connectivity index (χ0v) is 8.03. The zero-order valence-electron chi connectivity index (χ0n) is 8.03. The molecule has 7 nitrogen and oxygen atoms in total. The minimum absolute atomic E-state index is 0.255. The van der Waals surface area contributed by atoms with Crippen LogP contribution in [0.25, 0.3) is 16.9 Å². The average molecular weight is 214 g/mol. The van der Waals surface area contributed by atoms with Gasteiger partial charge in [0.15, 0.2) is 11.5 Å². The average Bonchev–Trinajstić information content (AvgIpc) is 2.74. The van der Waals surface area contributed by atoms with E-state index in [4.69, 9.17) is 0 Å². The van der Waals surface area contributed by atoms with Gasteiger partial charge in [-0.05, 0) is 6.07 Å². The van der Waals surface area contributed by atoms with Gasteiger partial charge in [0.25, 0.3) is 5.56 Å². The molecule has 0 bridgehead atoms. The summed E-state index contributed by atoms with van der Waals surface area (Å²) in [7, 11) is 0. The van der Waals surface area contributed by atoms with Crippen LogP contribution in [0.3, 0.4) is 0 Å². The summed E-state index contributed by atoms with van der Waals surface area (Å²) >= 11 is 0. The summed E-state index contributed by atoms with van der Waals surface area (Å²) < 4.78 is 1.53. The molecule has 78 valence electrons. The van der Waals surface area contributed by atoms with Crippen LogP contribution < -0.4 is 5.56 Å². The Bertz CT molecular complexity index is 680. The third-order valence-electron chi connectivity index (χ3n) is 2.11. The van der Waals surface area contributed by atoms with E-state index < -0.39 is 0 Å². The Morgan fingerprint density at radius 2 is 2.19 bits per heavy atom. The number of nitrogens with zero attached hydrogens (tertiary/aromatic N) is 5. The van der Waals surface area contributed by atoms with Crippen LogP contribution in [0.1, 0.15) is 0 Å². The molecule has 0 saturated heterocycles. The van der Waals surface area contributed by atoms with Crippen LogP contribution in [0, 0.1) is 0 Å². The van der Waals surface area contributed by atoms with E-state index in [1.54, 1.807) is 18.5 Å². The number of hydrogen-bond donors (Lipinski definition) is 1. The van der Waals surface area contributed by atoms with Gasteiger partial charge in [-0.2, -0.15) is 14.9 Å². The monoisotopic (exact) mass is 214 g/mol. The van der Waals surface area contributed by atoms with Crippen LogP contribution in [0.5, 0.6) is 0 Å². The number of aromatic nitrogens is 6. The molecule has 3 aromatic rings. The van der Waals surface area contributed by atoms with E-state index in [-0.39, 0.29) is 5.56 Å². The van der Waals surface area contributed by atoms with Gasteiger partial charge in [-0.15, -0.1) is 0 Å². The van der Waals surface area contributed by atoms with Crippen molar-refractivity contribution in [3.05, 3.63) is 41.2 Å². The van der Waals surface area contributed by atoms with Gasteiger partial charge in [0.2, 0.25) is 0 Å². The molecule has 3 rings (SSSR count). The SMILES string of the molecule is O=c1ccc(-n2ncc3cncnc32)n[nH]1. The molecule has 0 fully saturated rings. The van der Waals surface area contributed by atoms with Crippen LogP contribution in [0.15, 0.2) is 35.6 Å². The molecule has 0 amide bonds. The topological polar surface area (TPSA) is 89.3 Å². The quantitative estimate of drug-likeness (QED) is 0.610. The highest BCUT2D eigenvalue weighted by atomic mass is 16.1. The number of nitrogens with one attached hydrogen (secondary N) is 1. The molecule has 1 N–H and O–H groups in total. The molecule has 3 aromatic heterocycles. The van der Waals surface area contributed by atoms with Crippen LogP contribution in [-0.4, -0.2) is 29.9 Å². The number of aromatic amines is 1. The molecule has 0 aliphatic carbocycles. The van der Waals surface area contributed by atoms with Crippen LogP contribution in [-0.2, 0) is 0 Å². The summed E-state index contributed by atoms with van der Waals surface area (Å²) in [6.07, 6.45) is 4.74. The Hall–Kier alpha value is -2.57. The predicted octanol–water partition coefficient (Wildman–Crippen LogP) is -0.101. The largest absolute Gasteiger partial charge is 0.268 e. The first-order valence-corrected chi connectivity index (χ1v) is 4.54. The lowest BCUT2D eigenvalue weighted by Gasteiger charge is -1.99. The molecular weight excluding hydrogens is 208 g/mol. The summed E-state index contributed by atoms with van der Waals surface area (Å²) in [6.45, 7) is 0. The first-order chi connectivity index (χ1) is 7.84. The molecule has 0 spiro atoms. The molecule has 0 aromatic carbocycles. The zero-order chi connectivity index (χ0) is 11.0. The highest BCUT2D eigenvalue weighted by Crippen LogP contribution is 2.11. The molecule has 0 aliphatic rings. The van der Waals surface area contributed by atoms with Crippen LogP contribution in [0.2, 0.25) is 0 Å². The summed E-state index contributed by atoms with van der Waals surface area (Å²) in [6, 6.07) is 2.96. The van der Waals surface area contributed by atoms with Crippen LogP contribution in [0.4, 0.5) is 0 Å². The second kappa shape index (κ2) is 3.23. The first kappa shape index (κ1) is 8.72. The van der Waals surface area contributed by atoms with E-state index in [2.05, 4.69) is 25.3 Å². The van der Waals surface area contributed by atoms with Crippen LogP contribution >= 0.6 is 0 Å². The van der Waals surface area contributed by atoms with Crippen molar-refractivity contribution in [3.8, 4) is 5.82 Å². The summed E-state index contributed by atoms with van der Waals surface area (Å²) in [4.78, 5) is 18.9. The maximum absolute atomic E-state index is 10.9. The fraction of sp³-hybridized carbons (Fsp3) is 0. The molecule has 16 heavy (non-hydrogen) atoms. The minimum atomic E-state index is -0.255. The van der Waals surface area contributed by atoms with E-state index in [1.807, 2.05) is 0 Å². The van der Waals surface area contributed by atoms with Gasteiger partial charge in [0.05, 0.1) is 11.6 Å². The van der Waals surface area contributed by atoms with E-state index in [0.29, 0.717) is 11.5 Å². The van der Waals surface area contributed by atoms with Gasteiger partial charge >= 0.3 is 0 Å². The summed E-state index contributed by atoms with van der Waals surface area (Å²) in [5.41, 5.74) is 0.393. The Labute approximate surface area is 88.8 Å². The van der Waals surface area contributed by atoms with Gasteiger partial charge in [-0.1, -0.05) is 0 Å². The normalized spacial score (nSPS) is 10.8. The predicted molar refractivity (Wildman–Crippen MR) is 55.1 cm³/mol. The van der Waals surface area contributed by atoms with Gasteiger partial charge in [-0.25, -0.2) is 15.1 Å². The highest BCUT2D eigenvalue weighted by Gasteiger charge is 2.06. The Balaban J connectivity index is 2.26. The minimum Gasteiger partial charge on any atom is -0.268 e. The third kappa shape index (κ3) is 1.26. The maximum Gasteiger partial charge on any atom is 0.264 e. The van der Waals surface area contributed by atoms with Crippen molar-refractivity contribution in [1.29, 1.82) is 0 Å². The molecule has 7 heteroatoms. The van der Waals surface area contributed by atoms with Crippen molar-refractivity contribution in [3.63, 3.8) is 0 Å². The number of fused-ring (bicyclic) bond motifs is 1. The standard InChI is InChI=1S/C9H6N6O/c16-8-2-1-7(13-14-8)15-9-6(4-12-15)3-10-5-11-9/h1-5H,(H,14,16). The lowest BCUT2D eigenvalue weighted by Crippen LogP contribution is -2.10. The second-order valence-corrected chi connectivity index (χ2v) is 3.14. The van der Waals surface area contributed by atoms with E-state index in [1.165, 1.54) is 17.1 Å². The third-order valence-corrected chi connectivity index (χ3v) is 2.11. The van der Waals surface area contributed by atoms with Crippen molar-refractivity contribution in [2.24, 2.45) is 0 Å². The Kier molecular flexibility index (Phi) is 1.76. The van der Waals surface area contributed by atoms with Gasteiger partial charge in [0, 0.05) is 12.3 Å². The second-order valence-electron chi connectivity index (χ2n) is 3.14. The number of rotatable bonds is 1. The molecule has 0 aliphatic heterocycles. The van der Waals surface area contributed by atoms with Crippen molar-refractivity contribution >= 4 is 11.0 Å². The van der Waals surface area contributed by atoms with Gasteiger partial charge in [-0.3, -0.25) is 4.79 Å². The van der Waals surface area contributed by atoms with Gasteiger partial charge in [0.1, 0.15) is 6.33 Å². The Morgan fingerprint density at radius 1 is 1.25 bits per heavy atom. The number of H-pyrrole nitrogens is 1. The maximum atomic E-state index is 10.9. The highest BCUT2D eigenvalue weighted by molar-refractivity contribution is 5.74. The van der Waals surface area contributed by atoms with Crippen molar-refractivity contribution < 1.29 is 0 Å². The molecule has 0 unspecified atom stereocenters. The van der Waals surface area contributed by atoms with Crippen molar-refractivity contribution in [1.82, 2.24) is 29.9 Å².